The summed E-state index contributed by atoms with van der Waals surface area (Å²) in [6.07, 6.45) is 0.861. The number of anilines is 2. The van der Waals surface area contributed by atoms with Gasteiger partial charge in [-0.05, 0) is 54.7 Å². The highest BCUT2D eigenvalue weighted by atomic mass is 16.2. The Bertz CT molecular complexity index is 962. The van der Waals surface area contributed by atoms with Crippen molar-refractivity contribution in [2.75, 3.05) is 11.9 Å². The second-order valence-electron chi connectivity index (χ2n) is 6.69. The number of amides is 1. The smallest absolute Gasteiger partial charge is 0.278 e. The Morgan fingerprint density at radius 2 is 1.88 bits per heavy atom. The molecule has 1 aromatic heterocycles. The first-order chi connectivity index (χ1) is 12.6. The van der Waals surface area contributed by atoms with Crippen molar-refractivity contribution in [3.63, 3.8) is 0 Å². The highest BCUT2D eigenvalue weighted by molar-refractivity contribution is 5.97. The van der Waals surface area contributed by atoms with Gasteiger partial charge in [0, 0.05) is 18.8 Å². The van der Waals surface area contributed by atoms with Crippen LogP contribution in [0.2, 0.25) is 0 Å². The molecule has 0 fully saturated rings. The van der Waals surface area contributed by atoms with Crippen LogP contribution >= 0.6 is 0 Å². The summed E-state index contributed by atoms with van der Waals surface area (Å²) in [5, 5.41) is 14.0. The minimum absolute atomic E-state index is 0.111. The fourth-order valence-corrected chi connectivity index (χ4v) is 3.24. The SMILES string of the molecule is Cc1ccc(Nc2n[nH]nc2C(=O)N2CCc3ccccc3C2)cc1C. The van der Waals surface area contributed by atoms with Gasteiger partial charge in [-0.2, -0.15) is 5.21 Å². The lowest BCUT2D eigenvalue weighted by Crippen LogP contribution is -2.36. The maximum Gasteiger partial charge on any atom is 0.278 e. The highest BCUT2D eigenvalue weighted by Crippen LogP contribution is 2.24. The zero-order valence-electron chi connectivity index (χ0n) is 14.9. The largest absolute Gasteiger partial charge is 0.337 e. The predicted molar refractivity (Wildman–Crippen MR) is 100 cm³/mol. The number of H-pyrrole nitrogens is 1. The minimum atomic E-state index is -0.111. The van der Waals surface area contributed by atoms with Crippen molar-refractivity contribution in [1.29, 1.82) is 0 Å². The van der Waals surface area contributed by atoms with Crippen molar-refractivity contribution >= 4 is 17.4 Å². The van der Waals surface area contributed by atoms with E-state index in [1.165, 1.54) is 22.3 Å². The Labute approximate surface area is 152 Å². The van der Waals surface area contributed by atoms with Gasteiger partial charge in [-0.3, -0.25) is 4.79 Å². The molecular formula is C20H21N5O. The van der Waals surface area contributed by atoms with E-state index >= 15 is 0 Å². The summed E-state index contributed by atoms with van der Waals surface area (Å²) >= 11 is 0. The molecule has 26 heavy (non-hydrogen) atoms. The van der Waals surface area contributed by atoms with Crippen LogP contribution in [0.3, 0.4) is 0 Å². The Kier molecular flexibility index (Phi) is 4.16. The number of nitrogens with zero attached hydrogens (tertiary/aromatic N) is 3. The van der Waals surface area contributed by atoms with Crippen molar-refractivity contribution in [3.05, 3.63) is 70.4 Å². The second kappa shape index (κ2) is 6.63. The first-order valence-electron chi connectivity index (χ1n) is 8.73. The molecule has 132 valence electrons. The fourth-order valence-electron chi connectivity index (χ4n) is 3.24. The lowest BCUT2D eigenvalue weighted by molar-refractivity contribution is 0.0729. The van der Waals surface area contributed by atoms with Crippen LogP contribution in [0.1, 0.15) is 32.7 Å². The number of aryl methyl sites for hydroxylation is 2. The standard InChI is InChI=1S/C20H21N5O/c1-13-7-8-17(11-14(13)2)21-19-18(22-24-23-19)20(26)25-10-9-15-5-3-4-6-16(15)12-25/h3-8,11H,9-10,12H2,1-2H3,(H2,21,22,23,24). The summed E-state index contributed by atoms with van der Waals surface area (Å²) in [6, 6.07) is 14.3. The van der Waals surface area contributed by atoms with E-state index in [0.717, 1.165) is 12.1 Å². The number of benzene rings is 2. The highest BCUT2D eigenvalue weighted by Gasteiger charge is 2.26. The fraction of sp³-hybridized carbons (Fsp3) is 0.250. The quantitative estimate of drug-likeness (QED) is 0.762. The lowest BCUT2D eigenvalue weighted by Gasteiger charge is -2.28. The molecule has 6 nitrogen and oxygen atoms in total. The second-order valence-corrected chi connectivity index (χ2v) is 6.69. The van der Waals surface area contributed by atoms with E-state index in [4.69, 9.17) is 0 Å². The van der Waals surface area contributed by atoms with E-state index in [9.17, 15) is 4.79 Å². The van der Waals surface area contributed by atoms with Gasteiger partial charge in [0.2, 0.25) is 0 Å². The Hall–Kier alpha value is -3.15. The van der Waals surface area contributed by atoms with Gasteiger partial charge >= 0.3 is 0 Å². The van der Waals surface area contributed by atoms with Crippen LogP contribution in [0.25, 0.3) is 0 Å². The van der Waals surface area contributed by atoms with Crippen LogP contribution in [0.4, 0.5) is 11.5 Å². The third kappa shape index (κ3) is 3.06. The molecule has 0 atom stereocenters. The van der Waals surface area contributed by atoms with Crippen LogP contribution in [-0.2, 0) is 13.0 Å². The predicted octanol–water partition coefficient (Wildman–Crippen LogP) is 3.36. The van der Waals surface area contributed by atoms with Crippen LogP contribution in [0.15, 0.2) is 42.5 Å². The number of carbonyl (C=O) groups excluding carboxylic acids is 1. The van der Waals surface area contributed by atoms with E-state index in [2.05, 4.69) is 46.7 Å². The molecule has 0 spiro atoms. The third-order valence-corrected chi connectivity index (χ3v) is 4.94. The van der Waals surface area contributed by atoms with Crippen LogP contribution in [-0.4, -0.2) is 32.8 Å². The van der Waals surface area contributed by atoms with Gasteiger partial charge in [-0.1, -0.05) is 30.3 Å². The molecule has 0 unspecified atom stereocenters. The summed E-state index contributed by atoms with van der Waals surface area (Å²) in [6.45, 7) is 5.41. The number of aromatic nitrogens is 3. The van der Waals surface area contributed by atoms with E-state index in [0.29, 0.717) is 24.6 Å². The number of carbonyl (C=O) groups is 1. The summed E-state index contributed by atoms with van der Waals surface area (Å²) < 4.78 is 0. The molecule has 0 aliphatic carbocycles. The zero-order valence-corrected chi connectivity index (χ0v) is 14.9. The molecule has 2 heterocycles. The van der Waals surface area contributed by atoms with Crippen molar-refractivity contribution < 1.29 is 4.79 Å². The van der Waals surface area contributed by atoms with Crippen LogP contribution in [0.5, 0.6) is 0 Å². The van der Waals surface area contributed by atoms with E-state index < -0.39 is 0 Å². The Morgan fingerprint density at radius 3 is 2.69 bits per heavy atom. The molecule has 2 N–H and O–H groups in total. The molecule has 2 aromatic carbocycles. The van der Waals surface area contributed by atoms with Gasteiger partial charge in [0.1, 0.15) is 0 Å². The minimum Gasteiger partial charge on any atom is -0.337 e. The molecule has 0 saturated heterocycles. The van der Waals surface area contributed by atoms with Crippen molar-refractivity contribution in [3.8, 4) is 0 Å². The maximum atomic E-state index is 13.0. The molecule has 1 amide bonds. The van der Waals surface area contributed by atoms with Crippen molar-refractivity contribution in [2.24, 2.45) is 0 Å². The molecule has 1 aliphatic rings. The average molecular weight is 347 g/mol. The molecule has 0 radical (unpaired) electrons. The Morgan fingerprint density at radius 1 is 1.08 bits per heavy atom. The molecule has 6 heteroatoms. The number of hydrogen-bond acceptors (Lipinski definition) is 4. The molecule has 4 rings (SSSR count). The van der Waals surface area contributed by atoms with Crippen molar-refractivity contribution in [1.82, 2.24) is 20.3 Å². The first kappa shape index (κ1) is 16.3. The number of fused-ring (bicyclic) bond motifs is 1. The van der Waals surface area contributed by atoms with E-state index in [1.807, 2.05) is 35.2 Å². The van der Waals surface area contributed by atoms with Gasteiger partial charge in [-0.15, -0.1) is 10.2 Å². The molecule has 1 aliphatic heterocycles. The van der Waals surface area contributed by atoms with Gasteiger partial charge < -0.3 is 10.2 Å². The number of aromatic amines is 1. The monoisotopic (exact) mass is 347 g/mol. The normalized spacial score (nSPS) is 13.4. The zero-order chi connectivity index (χ0) is 18.1. The molecule has 3 aromatic rings. The molecule has 0 saturated carbocycles. The average Bonchev–Trinajstić information content (AvgIpc) is 3.12. The molecule has 0 bridgehead atoms. The maximum absolute atomic E-state index is 13.0. The third-order valence-electron chi connectivity index (χ3n) is 4.94. The van der Waals surface area contributed by atoms with Gasteiger partial charge in [0.25, 0.3) is 5.91 Å². The van der Waals surface area contributed by atoms with Crippen LogP contribution in [0, 0.1) is 13.8 Å². The number of hydrogen-bond donors (Lipinski definition) is 2. The van der Waals surface area contributed by atoms with Crippen LogP contribution < -0.4 is 5.32 Å². The summed E-state index contributed by atoms with van der Waals surface area (Å²) in [4.78, 5) is 14.8. The van der Waals surface area contributed by atoms with Gasteiger partial charge in [-0.25, -0.2) is 0 Å². The molecular weight excluding hydrogens is 326 g/mol. The topological polar surface area (TPSA) is 73.9 Å². The van der Waals surface area contributed by atoms with Gasteiger partial charge in [0.15, 0.2) is 11.5 Å². The lowest BCUT2D eigenvalue weighted by atomic mass is 10.00. The van der Waals surface area contributed by atoms with Gasteiger partial charge in [0.05, 0.1) is 0 Å². The first-order valence-corrected chi connectivity index (χ1v) is 8.73. The van der Waals surface area contributed by atoms with E-state index in [-0.39, 0.29) is 5.91 Å². The number of rotatable bonds is 3. The number of nitrogens with one attached hydrogen (secondary N) is 2. The van der Waals surface area contributed by atoms with E-state index in [1.54, 1.807) is 0 Å². The summed E-state index contributed by atoms with van der Waals surface area (Å²) in [7, 11) is 0. The summed E-state index contributed by atoms with van der Waals surface area (Å²) in [5.41, 5.74) is 6.12. The van der Waals surface area contributed by atoms with Crippen molar-refractivity contribution in [2.45, 2.75) is 26.8 Å². The Balaban J connectivity index is 1.55. The summed E-state index contributed by atoms with van der Waals surface area (Å²) in [5.74, 6) is 0.344.